The predicted molar refractivity (Wildman–Crippen MR) is 57.1 cm³/mol. The Labute approximate surface area is 94.7 Å². The Bertz CT molecular complexity index is 400. The van der Waals surface area contributed by atoms with E-state index in [4.69, 9.17) is 10.2 Å². The van der Waals surface area contributed by atoms with Crippen molar-refractivity contribution in [2.75, 3.05) is 0 Å². The Morgan fingerprint density at radius 1 is 1.27 bits per heavy atom. The van der Waals surface area contributed by atoms with Crippen molar-refractivity contribution in [3.05, 3.63) is 33.8 Å². The predicted octanol–water partition coefficient (Wildman–Crippen LogP) is 2.16. The number of carbonyl (C=O) groups is 2. The number of rotatable bonds is 4. The summed E-state index contributed by atoms with van der Waals surface area (Å²) >= 11 is 3.24. The van der Waals surface area contributed by atoms with E-state index >= 15 is 0 Å². The highest BCUT2D eigenvalue weighted by atomic mass is 79.9. The molecule has 0 aliphatic carbocycles. The van der Waals surface area contributed by atoms with Crippen molar-refractivity contribution in [3.63, 3.8) is 0 Å². The monoisotopic (exact) mass is 272 g/mol. The summed E-state index contributed by atoms with van der Waals surface area (Å²) in [4.78, 5) is 21.0. The van der Waals surface area contributed by atoms with Crippen LogP contribution in [0.3, 0.4) is 0 Å². The Morgan fingerprint density at radius 2 is 1.93 bits per heavy atom. The summed E-state index contributed by atoms with van der Waals surface area (Å²) in [5.74, 6) is -1.92. The first-order valence-electron chi connectivity index (χ1n) is 4.24. The van der Waals surface area contributed by atoms with Gasteiger partial charge in [0.05, 0.1) is 5.56 Å². The maximum absolute atomic E-state index is 10.7. The van der Waals surface area contributed by atoms with Gasteiger partial charge in [-0.3, -0.25) is 4.79 Å². The molecule has 0 fully saturated rings. The van der Waals surface area contributed by atoms with Gasteiger partial charge in [-0.2, -0.15) is 0 Å². The molecule has 0 bridgehead atoms. The van der Waals surface area contributed by atoms with E-state index in [-0.39, 0.29) is 12.0 Å². The van der Waals surface area contributed by atoms with Crippen LogP contribution in [0.15, 0.2) is 22.7 Å². The first-order valence-corrected chi connectivity index (χ1v) is 5.03. The molecule has 0 radical (unpaired) electrons. The zero-order chi connectivity index (χ0) is 11.4. The zero-order valence-corrected chi connectivity index (χ0v) is 9.32. The molecular formula is C10H9BrO4. The second kappa shape index (κ2) is 4.93. The summed E-state index contributed by atoms with van der Waals surface area (Å²) in [6.07, 6.45) is 0.304. The lowest BCUT2D eigenvalue weighted by atomic mass is 10.1. The van der Waals surface area contributed by atoms with E-state index in [9.17, 15) is 9.59 Å². The van der Waals surface area contributed by atoms with Gasteiger partial charge in [0.15, 0.2) is 0 Å². The van der Waals surface area contributed by atoms with Crippen molar-refractivity contribution < 1.29 is 19.8 Å². The topological polar surface area (TPSA) is 74.6 Å². The van der Waals surface area contributed by atoms with Crippen molar-refractivity contribution >= 4 is 27.9 Å². The van der Waals surface area contributed by atoms with Crippen molar-refractivity contribution in [1.82, 2.24) is 0 Å². The molecule has 0 unspecified atom stereocenters. The number of carboxylic acid groups (broad SMARTS) is 2. The van der Waals surface area contributed by atoms with Crippen molar-refractivity contribution in [2.24, 2.45) is 0 Å². The fourth-order valence-corrected chi connectivity index (χ4v) is 1.59. The summed E-state index contributed by atoms with van der Waals surface area (Å²) < 4.78 is 0.730. The van der Waals surface area contributed by atoms with Gasteiger partial charge in [0.25, 0.3) is 0 Å². The number of carboxylic acids is 2. The summed E-state index contributed by atoms with van der Waals surface area (Å²) in [7, 11) is 0. The van der Waals surface area contributed by atoms with Crippen LogP contribution in [0.5, 0.6) is 0 Å². The Kier molecular flexibility index (Phi) is 3.85. The molecule has 80 valence electrons. The number of hydrogen-bond acceptors (Lipinski definition) is 2. The van der Waals surface area contributed by atoms with Crippen LogP contribution in [0.1, 0.15) is 22.3 Å². The van der Waals surface area contributed by atoms with Crippen LogP contribution in [0, 0.1) is 0 Å². The maximum atomic E-state index is 10.7. The highest BCUT2D eigenvalue weighted by Crippen LogP contribution is 2.20. The minimum Gasteiger partial charge on any atom is -0.481 e. The molecule has 4 nitrogen and oxygen atoms in total. The van der Waals surface area contributed by atoms with Crippen LogP contribution in [0.2, 0.25) is 0 Å². The first-order chi connectivity index (χ1) is 7.00. The van der Waals surface area contributed by atoms with Gasteiger partial charge in [-0.25, -0.2) is 4.79 Å². The number of hydrogen-bond donors (Lipinski definition) is 2. The van der Waals surface area contributed by atoms with Crippen LogP contribution < -0.4 is 0 Å². The van der Waals surface area contributed by atoms with Crippen molar-refractivity contribution in [3.8, 4) is 0 Å². The van der Waals surface area contributed by atoms with Gasteiger partial charge in [0, 0.05) is 10.9 Å². The van der Waals surface area contributed by atoms with E-state index in [0.29, 0.717) is 12.0 Å². The van der Waals surface area contributed by atoms with Crippen LogP contribution in [-0.2, 0) is 11.2 Å². The molecule has 15 heavy (non-hydrogen) atoms. The van der Waals surface area contributed by atoms with E-state index in [2.05, 4.69) is 15.9 Å². The second-order valence-electron chi connectivity index (χ2n) is 3.01. The second-order valence-corrected chi connectivity index (χ2v) is 3.86. The Morgan fingerprint density at radius 3 is 2.47 bits per heavy atom. The first kappa shape index (κ1) is 11.7. The SMILES string of the molecule is O=C(O)CCc1cc(C(=O)O)ccc1Br. The summed E-state index contributed by atoms with van der Waals surface area (Å²) in [5.41, 5.74) is 0.857. The van der Waals surface area contributed by atoms with E-state index < -0.39 is 11.9 Å². The minimum absolute atomic E-state index is 0.0122. The van der Waals surface area contributed by atoms with E-state index in [1.807, 2.05) is 0 Å². The molecule has 1 aromatic rings. The fraction of sp³-hybridized carbons (Fsp3) is 0.200. The molecule has 0 saturated heterocycles. The highest BCUT2D eigenvalue weighted by Gasteiger charge is 2.08. The quantitative estimate of drug-likeness (QED) is 0.881. The smallest absolute Gasteiger partial charge is 0.335 e. The Balaban J connectivity index is 2.90. The molecule has 1 rings (SSSR count). The summed E-state index contributed by atoms with van der Waals surface area (Å²) in [5, 5.41) is 17.3. The molecule has 0 heterocycles. The highest BCUT2D eigenvalue weighted by molar-refractivity contribution is 9.10. The lowest BCUT2D eigenvalue weighted by Crippen LogP contribution is -2.01. The van der Waals surface area contributed by atoms with Gasteiger partial charge >= 0.3 is 11.9 Å². The normalized spacial score (nSPS) is 9.93. The molecule has 2 N–H and O–H groups in total. The average Bonchev–Trinajstić information content (AvgIpc) is 2.16. The van der Waals surface area contributed by atoms with E-state index in [1.54, 1.807) is 6.07 Å². The van der Waals surface area contributed by atoms with Crippen molar-refractivity contribution in [1.29, 1.82) is 0 Å². The third kappa shape index (κ3) is 3.36. The largest absolute Gasteiger partial charge is 0.481 e. The van der Waals surface area contributed by atoms with Gasteiger partial charge in [-0.05, 0) is 30.2 Å². The van der Waals surface area contributed by atoms with E-state index in [1.165, 1.54) is 12.1 Å². The van der Waals surface area contributed by atoms with Gasteiger partial charge in [-0.15, -0.1) is 0 Å². The number of aliphatic carboxylic acids is 1. The standard InChI is InChI=1S/C10H9BrO4/c11-8-3-1-7(10(14)15)5-6(8)2-4-9(12)13/h1,3,5H,2,4H2,(H,12,13)(H,14,15). The molecule has 0 spiro atoms. The van der Waals surface area contributed by atoms with E-state index in [0.717, 1.165) is 4.47 Å². The fourth-order valence-electron chi connectivity index (χ4n) is 1.14. The molecule has 1 aromatic carbocycles. The maximum Gasteiger partial charge on any atom is 0.335 e. The lowest BCUT2D eigenvalue weighted by molar-refractivity contribution is -0.136. The number of aryl methyl sites for hydroxylation is 1. The number of halogens is 1. The van der Waals surface area contributed by atoms with Crippen LogP contribution in [0.4, 0.5) is 0 Å². The van der Waals surface area contributed by atoms with Gasteiger partial charge in [0.1, 0.15) is 0 Å². The molecule has 0 aliphatic heterocycles. The molecular weight excluding hydrogens is 264 g/mol. The minimum atomic E-state index is -1.01. The average molecular weight is 273 g/mol. The number of benzene rings is 1. The molecule has 5 heteroatoms. The van der Waals surface area contributed by atoms with Crippen LogP contribution >= 0.6 is 15.9 Å². The number of aromatic carboxylic acids is 1. The van der Waals surface area contributed by atoms with Crippen molar-refractivity contribution in [2.45, 2.75) is 12.8 Å². The molecule has 0 amide bonds. The third-order valence-electron chi connectivity index (χ3n) is 1.90. The Hall–Kier alpha value is -1.36. The van der Waals surface area contributed by atoms with Gasteiger partial charge in [-0.1, -0.05) is 15.9 Å². The summed E-state index contributed by atoms with van der Waals surface area (Å²) in [6, 6.07) is 4.56. The zero-order valence-electron chi connectivity index (χ0n) is 7.74. The van der Waals surface area contributed by atoms with Crippen LogP contribution in [0.25, 0.3) is 0 Å². The lowest BCUT2D eigenvalue weighted by Gasteiger charge is -2.03. The van der Waals surface area contributed by atoms with Gasteiger partial charge in [0.2, 0.25) is 0 Å². The van der Waals surface area contributed by atoms with Crippen LogP contribution in [-0.4, -0.2) is 22.2 Å². The molecule has 0 aromatic heterocycles. The molecule has 0 atom stereocenters. The molecule has 0 aliphatic rings. The van der Waals surface area contributed by atoms with Gasteiger partial charge < -0.3 is 10.2 Å². The molecule has 0 saturated carbocycles. The summed E-state index contributed by atoms with van der Waals surface area (Å²) in [6.45, 7) is 0. The third-order valence-corrected chi connectivity index (χ3v) is 2.67.